The van der Waals surface area contributed by atoms with Crippen LogP contribution in [0.25, 0.3) is 10.9 Å². The molecular formula is C20H22F2N4O4. The van der Waals surface area contributed by atoms with Crippen molar-refractivity contribution in [2.45, 2.75) is 31.3 Å². The van der Waals surface area contributed by atoms with Crippen molar-refractivity contribution in [1.29, 1.82) is 0 Å². The van der Waals surface area contributed by atoms with Gasteiger partial charge in [0.2, 0.25) is 5.43 Å². The number of hydrogen-bond donors (Lipinski definition) is 2. The van der Waals surface area contributed by atoms with Gasteiger partial charge in [-0.25, -0.2) is 13.6 Å². The Morgan fingerprint density at radius 2 is 2.07 bits per heavy atom. The van der Waals surface area contributed by atoms with Crippen molar-refractivity contribution < 1.29 is 23.5 Å². The van der Waals surface area contributed by atoms with Gasteiger partial charge in [-0.1, -0.05) is 5.16 Å². The van der Waals surface area contributed by atoms with Crippen molar-refractivity contribution in [3.05, 3.63) is 39.7 Å². The number of rotatable bonds is 5. The van der Waals surface area contributed by atoms with Gasteiger partial charge in [0.1, 0.15) is 24.2 Å². The van der Waals surface area contributed by atoms with Crippen LogP contribution in [0.3, 0.4) is 0 Å². The van der Waals surface area contributed by atoms with Crippen molar-refractivity contribution in [3.63, 3.8) is 0 Å². The minimum absolute atomic E-state index is 0.0649. The summed E-state index contributed by atoms with van der Waals surface area (Å²) in [5.41, 5.74) is -1.10. The van der Waals surface area contributed by atoms with E-state index in [2.05, 4.69) is 10.5 Å². The third-order valence-corrected chi connectivity index (χ3v) is 5.67. The maximum absolute atomic E-state index is 15.7. The lowest BCUT2D eigenvalue weighted by molar-refractivity contribution is 0.0694. The Bertz CT molecular complexity index is 1110. The van der Waals surface area contributed by atoms with Crippen molar-refractivity contribution in [1.82, 2.24) is 9.88 Å². The molecule has 2 fully saturated rings. The number of oxime groups is 1. The van der Waals surface area contributed by atoms with E-state index < -0.39 is 28.6 Å². The summed E-state index contributed by atoms with van der Waals surface area (Å²) in [7, 11) is 3.18. The molecule has 1 aliphatic heterocycles. The standard InChI is InChI=1S/C20H22F2N4O4/c1-23-14-5-6-25(9-15(14)24-30-2)18-13(21)7-11-17(16(18)22)26(10-3-4-10)8-12(19(11)27)20(28)29/h7-8,10,14,23H,3-6,9H2,1-2H3,(H,28,29)/b24-15+. The number of carboxylic acid groups (broad SMARTS) is 1. The lowest BCUT2D eigenvalue weighted by atomic mass is 10.0. The number of piperidine rings is 1. The normalized spacial score (nSPS) is 20.7. The highest BCUT2D eigenvalue weighted by Crippen LogP contribution is 2.39. The van der Waals surface area contributed by atoms with Crippen LogP contribution >= 0.6 is 0 Å². The molecule has 0 amide bonds. The van der Waals surface area contributed by atoms with E-state index in [4.69, 9.17) is 4.84 Å². The first-order chi connectivity index (χ1) is 14.4. The molecule has 1 saturated heterocycles. The number of carboxylic acids is 1. The third-order valence-electron chi connectivity index (χ3n) is 5.67. The second kappa shape index (κ2) is 7.67. The molecule has 1 unspecified atom stereocenters. The maximum Gasteiger partial charge on any atom is 0.341 e. The fourth-order valence-electron chi connectivity index (χ4n) is 4.06. The van der Waals surface area contributed by atoms with E-state index in [0.717, 1.165) is 18.9 Å². The van der Waals surface area contributed by atoms with Crippen molar-refractivity contribution >= 4 is 28.3 Å². The number of nitrogens with zero attached hydrogens (tertiary/aromatic N) is 3. The lowest BCUT2D eigenvalue weighted by Gasteiger charge is -2.34. The molecule has 160 valence electrons. The van der Waals surface area contributed by atoms with Gasteiger partial charge in [-0.2, -0.15) is 0 Å². The van der Waals surface area contributed by atoms with Crippen molar-refractivity contribution in [2.75, 3.05) is 32.1 Å². The van der Waals surface area contributed by atoms with Gasteiger partial charge < -0.3 is 24.7 Å². The Balaban J connectivity index is 1.89. The van der Waals surface area contributed by atoms with Crippen LogP contribution in [0.2, 0.25) is 0 Å². The van der Waals surface area contributed by atoms with Crippen molar-refractivity contribution in [2.24, 2.45) is 5.16 Å². The zero-order chi connectivity index (χ0) is 21.6. The number of fused-ring (bicyclic) bond motifs is 1. The first-order valence-electron chi connectivity index (χ1n) is 9.69. The highest BCUT2D eigenvalue weighted by molar-refractivity contribution is 5.96. The van der Waals surface area contributed by atoms with Crippen LogP contribution in [0.4, 0.5) is 14.5 Å². The zero-order valence-electron chi connectivity index (χ0n) is 16.6. The summed E-state index contributed by atoms with van der Waals surface area (Å²) in [4.78, 5) is 30.5. The number of aromatic carboxylic acids is 1. The van der Waals surface area contributed by atoms with E-state index in [-0.39, 0.29) is 35.2 Å². The molecule has 2 heterocycles. The Morgan fingerprint density at radius 3 is 2.67 bits per heavy atom. The quantitative estimate of drug-likeness (QED) is 0.720. The van der Waals surface area contributed by atoms with Gasteiger partial charge in [0.25, 0.3) is 0 Å². The second-order valence-corrected chi connectivity index (χ2v) is 7.55. The molecule has 1 saturated carbocycles. The number of hydrogen-bond acceptors (Lipinski definition) is 6. The first kappa shape index (κ1) is 20.3. The molecule has 1 aliphatic carbocycles. The largest absolute Gasteiger partial charge is 0.477 e. The van der Waals surface area contributed by atoms with Crippen LogP contribution in [0.5, 0.6) is 0 Å². The predicted octanol–water partition coefficient (Wildman–Crippen LogP) is 2.11. The molecule has 2 N–H and O–H groups in total. The van der Waals surface area contributed by atoms with E-state index in [1.54, 1.807) is 7.05 Å². The van der Waals surface area contributed by atoms with Gasteiger partial charge in [-0.05, 0) is 32.4 Å². The molecule has 2 aromatic rings. The van der Waals surface area contributed by atoms with Gasteiger partial charge in [-0.15, -0.1) is 0 Å². The molecule has 30 heavy (non-hydrogen) atoms. The van der Waals surface area contributed by atoms with Gasteiger partial charge in [0, 0.05) is 18.8 Å². The molecule has 10 heteroatoms. The van der Waals surface area contributed by atoms with Gasteiger partial charge in [0.15, 0.2) is 5.82 Å². The predicted molar refractivity (Wildman–Crippen MR) is 107 cm³/mol. The number of carbonyl (C=O) groups is 1. The molecular weight excluding hydrogens is 398 g/mol. The third kappa shape index (κ3) is 3.30. The van der Waals surface area contributed by atoms with E-state index in [0.29, 0.717) is 18.7 Å². The molecule has 1 atom stereocenters. The minimum atomic E-state index is -1.42. The number of aromatic nitrogens is 1. The van der Waals surface area contributed by atoms with Crippen LogP contribution in [-0.4, -0.2) is 54.6 Å². The van der Waals surface area contributed by atoms with E-state index in [1.807, 2.05) is 0 Å². The van der Waals surface area contributed by atoms with E-state index in [9.17, 15) is 14.7 Å². The average molecular weight is 420 g/mol. The summed E-state index contributed by atoms with van der Waals surface area (Å²) in [6, 6.07) is 0.758. The summed E-state index contributed by atoms with van der Waals surface area (Å²) in [5, 5.41) is 16.2. The van der Waals surface area contributed by atoms with Gasteiger partial charge in [-0.3, -0.25) is 4.79 Å². The number of anilines is 1. The van der Waals surface area contributed by atoms with Crippen LogP contribution in [-0.2, 0) is 4.84 Å². The van der Waals surface area contributed by atoms with E-state index in [1.165, 1.54) is 22.8 Å². The summed E-state index contributed by atoms with van der Waals surface area (Å²) in [6.07, 6.45) is 3.20. The van der Waals surface area contributed by atoms with E-state index >= 15 is 8.78 Å². The fraction of sp³-hybridized carbons (Fsp3) is 0.450. The van der Waals surface area contributed by atoms with Gasteiger partial charge >= 0.3 is 5.97 Å². The van der Waals surface area contributed by atoms with Crippen LogP contribution in [0.15, 0.2) is 22.2 Å². The van der Waals surface area contributed by atoms with Crippen molar-refractivity contribution in [3.8, 4) is 0 Å². The fourth-order valence-corrected chi connectivity index (χ4v) is 4.06. The highest BCUT2D eigenvalue weighted by Gasteiger charge is 2.33. The number of benzene rings is 1. The van der Waals surface area contributed by atoms with Crippen LogP contribution < -0.4 is 15.6 Å². The number of nitrogens with one attached hydrogen (secondary N) is 1. The molecule has 1 aromatic heterocycles. The Morgan fingerprint density at radius 1 is 1.33 bits per heavy atom. The highest BCUT2D eigenvalue weighted by atomic mass is 19.1. The molecule has 2 aliphatic rings. The second-order valence-electron chi connectivity index (χ2n) is 7.55. The minimum Gasteiger partial charge on any atom is -0.477 e. The molecule has 0 bridgehead atoms. The molecule has 8 nitrogen and oxygen atoms in total. The monoisotopic (exact) mass is 420 g/mol. The van der Waals surface area contributed by atoms with Crippen LogP contribution in [0, 0.1) is 11.6 Å². The Labute approximate surface area is 170 Å². The first-order valence-corrected chi connectivity index (χ1v) is 9.69. The topological polar surface area (TPSA) is 96.2 Å². The Hall–Kier alpha value is -3.01. The lowest BCUT2D eigenvalue weighted by Crippen LogP contribution is -2.49. The van der Waals surface area contributed by atoms with Gasteiger partial charge in [0.05, 0.1) is 29.2 Å². The Kier molecular flexibility index (Phi) is 5.19. The number of pyridine rings is 1. The summed E-state index contributed by atoms with van der Waals surface area (Å²) in [5.74, 6) is -3.21. The summed E-state index contributed by atoms with van der Waals surface area (Å²) >= 11 is 0. The van der Waals surface area contributed by atoms with Crippen LogP contribution in [0.1, 0.15) is 35.7 Å². The summed E-state index contributed by atoms with van der Waals surface area (Å²) in [6.45, 7) is 0.522. The molecule has 0 spiro atoms. The number of halogens is 2. The molecule has 0 radical (unpaired) electrons. The smallest absolute Gasteiger partial charge is 0.341 e. The summed E-state index contributed by atoms with van der Waals surface area (Å²) < 4.78 is 32.2. The maximum atomic E-state index is 15.7. The molecule has 1 aromatic carbocycles. The average Bonchev–Trinajstić information content (AvgIpc) is 3.54. The molecule has 4 rings (SSSR count). The zero-order valence-corrected chi connectivity index (χ0v) is 16.6. The SMILES string of the molecule is CNC1CCN(c2c(F)cc3c(=O)c(C(=O)O)cn(C4CC4)c3c2F)C/C1=N\OC.